The molecule has 0 radical (unpaired) electrons. The van der Waals surface area contributed by atoms with Crippen LogP contribution in [0.2, 0.25) is 5.02 Å². The number of amidine groups is 1. The van der Waals surface area contributed by atoms with Gasteiger partial charge in [0.05, 0.1) is 28.3 Å². The Morgan fingerprint density at radius 1 is 1.04 bits per heavy atom. The van der Waals surface area contributed by atoms with Gasteiger partial charge in [-0.3, -0.25) is 9.59 Å². The summed E-state index contributed by atoms with van der Waals surface area (Å²) in [6.07, 6.45) is 5.33. The van der Waals surface area contributed by atoms with Crippen molar-refractivity contribution >= 4 is 79.8 Å². The number of furan rings is 1. The fourth-order valence-electron chi connectivity index (χ4n) is 5.97. The van der Waals surface area contributed by atoms with E-state index in [9.17, 15) is 18.0 Å². The summed E-state index contributed by atoms with van der Waals surface area (Å²) in [5.41, 5.74) is 4.40. The fourth-order valence-corrected chi connectivity index (χ4v) is 7.63. The van der Waals surface area contributed by atoms with E-state index in [1.165, 1.54) is 30.0 Å². The first-order valence-corrected chi connectivity index (χ1v) is 17.1. The van der Waals surface area contributed by atoms with E-state index < -0.39 is 15.9 Å². The Morgan fingerprint density at radius 2 is 1.79 bits per heavy atom. The minimum atomic E-state index is -4.28. The predicted molar refractivity (Wildman–Crippen MR) is 185 cm³/mol. The van der Waals surface area contributed by atoms with Gasteiger partial charge in [-0.2, -0.15) is 4.99 Å². The van der Waals surface area contributed by atoms with Crippen LogP contribution in [0.5, 0.6) is 0 Å². The van der Waals surface area contributed by atoms with Crippen LogP contribution in [0.4, 0.5) is 34.3 Å². The van der Waals surface area contributed by atoms with Crippen LogP contribution in [-0.2, 0) is 32.5 Å². The number of aliphatic imine (C=N–C) groups is 2. The number of nitrogens with one attached hydrogen (secondary N) is 2. The number of halogens is 1. The van der Waals surface area contributed by atoms with Gasteiger partial charge in [0.1, 0.15) is 0 Å². The van der Waals surface area contributed by atoms with Crippen LogP contribution in [-0.4, -0.2) is 45.4 Å². The van der Waals surface area contributed by atoms with Crippen molar-refractivity contribution < 1.29 is 22.4 Å². The van der Waals surface area contributed by atoms with E-state index in [0.29, 0.717) is 17.8 Å². The van der Waals surface area contributed by atoms with Crippen LogP contribution in [0.3, 0.4) is 0 Å². The molecule has 0 atom stereocenters. The Bertz CT molecular complexity index is 2000. The van der Waals surface area contributed by atoms with E-state index in [1.807, 2.05) is 12.1 Å². The van der Waals surface area contributed by atoms with E-state index in [-0.39, 0.29) is 38.7 Å². The lowest BCUT2D eigenvalue weighted by Gasteiger charge is -2.30. The normalized spacial score (nSPS) is 15.3. The molecule has 2 N–H and O–H groups in total. The SMILES string of the molecule is CCN(CC)c1ccc(/N=C(\C(=O)Nc2cc(NC=O)ccc2Cl)C2=Nc3occc3S(=O)(=O)N2c2ccccc2)c2c1CCCC2. The molecule has 47 heavy (non-hydrogen) atoms. The van der Waals surface area contributed by atoms with Crippen LogP contribution in [0, 0.1) is 0 Å². The molecule has 11 nitrogen and oxygen atoms in total. The van der Waals surface area contributed by atoms with Crippen molar-refractivity contribution in [2.75, 3.05) is 32.9 Å². The first-order valence-electron chi connectivity index (χ1n) is 15.3. The van der Waals surface area contributed by atoms with Gasteiger partial charge >= 0.3 is 0 Å². The molecule has 1 aromatic heterocycles. The number of nitrogens with zero attached hydrogens (tertiary/aromatic N) is 4. The number of hydrogen-bond acceptors (Lipinski definition) is 8. The molecule has 2 amide bonds. The average molecular weight is 673 g/mol. The number of para-hydroxylation sites is 1. The molecule has 242 valence electrons. The summed E-state index contributed by atoms with van der Waals surface area (Å²) in [5.74, 6) is -1.17. The smallest absolute Gasteiger partial charge is 0.278 e. The third-order valence-corrected chi connectivity index (χ3v) is 10.3. The molecule has 2 heterocycles. The number of sulfonamides is 1. The molecule has 0 unspecified atom stereocenters. The largest absolute Gasteiger partial charge is 0.445 e. The maximum atomic E-state index is 14.4. The van der Waals surface area contributed by atoms with Gasteiger partial charge in [0.2, 0.25) is 12.3 Å². The molecular formula is C34H33ClN6O5S. The molecule has 3 aromatic carbocycles. The topological polar surface area (TPSA) is 137 Å². The summed E-state index contributed by atoms with van der Waals surface area (Å²) in [4.78, 5) is 37.1. The highest BCUT2D eigenvalue weighted by atomic mass is 35.5. The summed E-state index contributed by atoms with van der Waals surface area (Å²) in [5, 5.41) is 5.51. The van der Waals surface area contributed by atoms with Crippen molar-refractivity contribution in [3.8, 4) is 0 Å². The number of anilines is 4. The van der Waals surface area contributed by atoms with Crippen molar-refractivity contribution in [2.24, 2.45) is 9.98 Å². The molecule has 0 spiro atoms. The summed E-state index contributed by atoms with van der Waals surface area (Å²) < 4.78 is 34.7. The van der Waals surface area contributed by atoms with Gasteiger partial charge in [0.15, 0.2) is 16.4 Å². The highest BCUT2D eigenvalue weighted by Crippen LogP contribution is 2.39. The summed E-state index contributed by atoms with van der Waals surface area (Å²) >= 11 is 6.46. The highest BCUT2D eigenvalue weighted by molar-refractivity contribution is 7.94. The first kappa shape index (κ1) is 32.0. The molecule has 4 aromatic rings. The lowest BCUT2D eigenvalue weighted by molar-refractivity contribution is -0.110. The van der Waals surface area contributed by atoms with Crippen molar-refractivity contribution in [2.45, 2.75) is 44.4 Å². The molecular weight excluding hydrogens is 640 g/mol. The molecule has 0 saturated heterocycles. The predicted octanol–water partition coefficient (Wildman–Crippen LogP) is 6.88. The quantitative estimate of drug-likeness (QED) is 0.139. The molecule has 13 heteroatoms. The molecule has 6 rings (SSSR count). The number of rotatable bonds is 10. The Morgan fingerprint density at radius 3 is 2.51 bits per heavy atom. The Hall–Kier alpha value is -4.94. The zero-order valence-electron chi connectivity index (χ0n) is 25.9. The summed E-state index contributed by atoms with van der Waals surface area (Å²) in [7, 11) is -4.28. The van der Waals surface area contributed by atoms with Crippen LogP contribution < -0.4 is 19.8 Å². The van der Waals surface area contributed by atoms with E-state index in [4.69, 9.17) is 21.0 Å². The number of hydrogen-bond donors (Lipinski definition) is 2. The van der Waals surface area contributed by atoms with Gasteiger partial charge in [0.25, 0.3) is 15.9 Å². The molecule has 1 aliphatic heterocycles. The third-order valence-electron chi connectivity index (χ3n) is 8.21. The van der Waals surface area contributed by atoms with Gasteiger partial charge in [-0.05, 0) is 99.2 Å². The maximum absolute atomic E-state index is 14.4. The maximum Gasteiger partial charge on any atom is 0.278 e. The fraction of sp³-hybridized carbons (Fsp3) is 0.235. The van der Waals surface area contributed by atoms with Crippen LogP contribution >= 0.6 is 11.6 Å². The van der Waals surface area contributed by atoms with Crippen LogP contribution in [0.25, 0.3) is 0 Å². The zero-order valence-corrected chi connectivity index (χ0v) is 27.4. The lowest BCUT2D eigenvalue weighted by atomic mass is 9.88. The second-order valence-electron chi connectivity index (χ2n) is 10.9. The van der Waals surface area contributed by atoms with Crippen molar-refractivity contribution in [1.29, 1.82) is 0 Å². The summed E-state index contributed by atoms with van der Waals surface area (Å²) in [6.45, 7) is 5.90. The molecule has 2 aliphatic rings. The van der Waals surface area contributed by atoms with Gasteiger partial charge in [0, 0.05) is 24.5 Å². The van der Waals surface area contributed by atoms with Crippen molar-refractivity contribution in [1.82, 2.24) is 0 Å². The minimum Gasteiger partial charge on any atom is -0.445 e. The second kappa shape index (κ2) is 13.4. The van der Waals surface area contributed by atoms with Gasteiger partial charge in [-0.15, -0.1) is 0 Å². The van der Waals surface area contributed by atoms with E-state index >= 15 is 0 Å². The van der Waals surface area contributed by atoms with Crippen molar-refractivity contribution in [3.63, 3.8) is 0 Å². The Labute approximate surface area is 278 Å². The molecule has 0 saturated carbocycles. The van der Waals surface area contributed by atoms with E-state index in [2.05, 4.69) is 34.4 Å². The molecule has 0 bridgehead atoms. The number of fused-ring (bicyclic) bond motifs is 2. The van der Waals surface area contributed by atoms with Gasteiger partial charge in [-0.25, -0.2) is 17.7 Å². The van der Waals surface area contributed by atoms with Gasteiger partial charge < -0.3 is 20.0 Å². The van der Waals surface area contributed by atoms with E-state index in [1.54, 1.807) is 36.4 Å². The van der Waals surface area contributed by atoms with E-state index in [0.717, 1.165) is 54.3 Å². The third kappa shape index (κ3) is 6.13. The van der Waals surface area contributed by atoms with Crippen LogP contribution in [0.1, 0.15) is 37.8 Å². The monoisotopic (exact) mass is 672 g/mol. The second-order valence-corrected chi connectivity index (χ2v) is 13.1. The average Bonchev–Trinajstić information content (AvgIpc) is 3.56. The van der Waals surface area contributed by atoms with Crippen molar-refractivity contribution in [3.05, 3.63) is 89.1 Å². The minimum absolute atomic E-state index is 0.138. The molecule has 1 aliphatic carbocycles. The standard InChI is InChI=1S/C34H33ClN6O5S/c1-3-40(4-2)29-17-16-27(24-12-8-9-13-25(24)29)37-31(33(43)38-28-20-22(36-21-42)14-15-26(28)35)32-39-34-30(18-19-46-34)47(44,45)41(32)23-10-6-5-7-11-23/h5-7,10-11,14-21H,3-4,8-9,12-13H2,1-2H3,(H,36,42)(H,38,43)/b37-31-. The van der Waals surface area contributed by atoms with Gasteiger partial charge in [-0.1, -0.05) is 29.8 Å². The Balaban J connectivity index is 1.58. The summed E-state index contributed by atoms with van der Waals surface area (Å²) in [6, 6.07) is 18.2. The number of carbonyl (C=O) groups excluding carboxylic acids is 2. The zero-order chi connectivity index (χ0) is 33.1. The van der Waals surface area contributed by atoms with Crippen LogP contribution in [0.15, 0.2) is 92.3 Å². The Kier molecular flexibility index (Phi) is 9.15. The lowest BCUT2D eigenvalue weighted by Crippen LogP contribution is -2.47. The number of benzene rings is 3. The number of carbonyl (C=O) groups is 2. The first-order chi connectivity index (χ1) is 22.8. The molecule has 0 fully saturated rings. The number of amides is 2. The highest BCUT2D eigenvalue weighted by Gasteiger charge is 2.41.